The van der Waals surface area contributed by atoms with Gasteiger partial charge in [0.1, 0.15) is 12.1 Å². The number of esters is 1. The van der Waals surface area contributed by atoms with Crippen molar-refractivity contribution in [1.29, 1.82) is 0 Å². The predicted octanol–water partition coefficient (Wildman–Crippen LogP) is -0.0888. The van der Waals surface area contributed by atoms with Crippen molar-refractivity contribution in [3.05, 3.63) is 6.33 Å². The molecule has 1 heterocycles. The van der Waals surface area contributed by atoms with E-state index in [2.05, 4.69) is 20.7 Å². The summed E-state index contributed by atoms with van der Waals surface area (Å²) >= 11 is 0. The Kier molecular flexibility index (Phi) is 3.74. The molecule has 1 N–H and O–H groups in total. The van der Waals surface area contributed by atoms with Crippen LogP contribution in [0.4, 0.5) is 0 Å². The minimum Gasteiger partial charge on any atom is -0.467 e. The molecular weight excluding hydrogens is 262 g/mol. The highest BCUT2D eigenvalue weighted by atomic mass is 16.5. The van der Waals surface area contributed by atoms with Gasteiger partial charge in [-0.25, -0.2) is 4.79 Å². The fourth-order valence-corrected chi connectivity index (χ4v) is 2.85. The lowest BCUT2D eigenvalue weighted by Crippen LogP contribution is -2.61. The molecule has 8 nitrogen and oxygen atoms in total. The van der Waals surface area contributed by atoms with Crippen LogP contribution in [0.15, 0.2) is 6.33 Å². The molecule has 0 aromatic carbocycles. The summed E-state index contributed by atoms with van der Waals surface area (Å²) in [6, 6.07) is 0. The number of rotatable bonds is 4. The standard InChI is InChI=1S/C12H19N5O3/c1-11(2)5-4-6-12(11,10(19)20-3)15-9(18)7-17-14-8-13-16-17/h8H,4-7H2,1-3H3,(H,15,18). The maximum Gasteiger partial charge on any atom is 0.332 e. The quantitative estimate of drug-likeness (QED) is 0.774. The topological polar surface area (TPSA) is 99.0 Å². The first kappa shape index (κ1) is 14.4. The van der Waals surface area contributed by atoms with Crippen molar-refractivity contribution in [2.24, 2.45) is 5.41 Å². The molecular formula is C12H19N5O3. The van der Waals surface area contributed by atoms with Crippen molar-refractivity contribution >= 4 is 11.9 Å². The zero-order valence-corrected chi connectivity index (χ0v) is 11.9. The number of hydrogen-bond donors (Lipinski definition) is 1. The Bertz CT molecular complexity index is 499. The van der Waals surface area contributed by atoms with Gasteiger partial charge < -0.3 is 10.1 Å². The number of carbonyl (C=O) groups excluding carboxylic acids is 2. The zero-order valence-electron chi connectivity index (χ0n) is 11.9. The molecule has 0 bridgehead atoms. The van der Waals surface area contributed by atoms with Crippen LogP contribution in [0.1, 0.15) is 33.1 Å². The summed E-state index contributed by atoms with van der Waals surface area (Å²) in [7, 11) is 1.34. The molecule has 1 aromatic rings. The summed E-state index contributed by atoms with van der Waals surface area (Å²) in [5, 5.41) is 13.8. The van der Waals surface area contributed by atoms with Gasteiger partial charge in [0.25, 0.3) is 0 Å². The number of ether oxygens (including phenoxy) is 1. The summed E-state index contributed by atoms with van der Waals surface area (Å²) in [5.74, 6) is -0.733. The van der Waals surface area contributed by atoms with Crippen LogP contribution in [0.3, 0.4) is 0 Å². The van der Waals surface area contributed by atoms with Gasteiger partial charge in [0.05, 0.1) is 7.11 Å². The third-order valence-electron chi connectivity index (χ3n) is 4.07. The minimum atomic E-state index is -0.987. The van der Waals surface area contributed by atoms with Crippen LogP contribution < -0.4 is 5.32 Å². The van der Waals surface area contributed by atoms with E-state index in [0.717, 1.165) is 12.8 Å². The first-order valence-electron chi connectivity index (χ1n) is 6.51. The Hall–Kier alpha value is -1.99. The number of methoxy groups -OCH3 is 1. The van der Waals surface area contributed by atoms with Gasteiger partial charge in [0.2, 0.25) is 5.91 Å². The molecule has 8 heteroatoms. The monoisotopic (exact) mass is 281 g/mol. The van der Waals surface area contributed by atoms with Crippen LogP contribution in [-0.2, 0) is 20.9 Å². The lowest BCUT2D eigenvalue weighted by atomic mass is 9.74. The van der Waals surface area contributed by atoms with Crippen molar-refractivity contribution in [1.82, 2.24) is 25.5 Å². The Balaban J connectivity index is 2.17. The van der Waals surface area contributed by atoms with Gasteiger partial charge in [-0.05, 0) is 29.9 Å². The fourth-order valence-electron chi connectivity index (χ4n) is 2.85. The van der Waals surface area contributed by atoms with Crippen LogP contribution in [-0.4, -0.2) is 44.7 Å². The van der Waals surface area contributed by atoms with Crippen LogP contribution in [0, 0.1) is 5.41 Å². The predicted molar refractivity (Wildman–Crippen MR) is 68.3 cm³/mol. The van der Waals surface area contributed by atoms with Crippen molar-refractivity contribution in [2.75, 3.05) is 7.11 Å². The molecule has 1 aromatic heterocycles. The SMILES string of the molecule is COC(=O)C1(NC(=O)Cn2ncnn2)CCCC1(C)C. The third-order valence-corrected chi connectivity index (χ3v) is 4.07. The maximum atomic E-state index is 12.2. The lowest BCUT2D eigenvalue weighted by Gasteiger charge is -2.39. The Morgan fingerprint density at radius 3 is 2.65 bits per heavy atom. The van der Waals surface area contributed by atoms with Gasteiger partial charge in [0.15, 0.2) is 6.33 Å². The number of hydrogen-bond acceptors (Lipinski definition) is 6. The molecule has 0 aliphatic heterocycles. The van der Waals surface area contributed by atoms with Gasteiger partial charge in [-0.3, -0.25) is 4.79 Å². The second kappa shape index (κ2) is 5.18. The van der Waals surface area contributed by atoms with E-state index in [1.807, 2.05) is 13.8 Å². The molecule has 110 valence electrons. The van der Waals surface area contributed by atoms with Crippen molar-refractivity contribution in [3.8, 4) is 0 Å². The Morgan fingerprint density at radius 1 is 1.40 bits per heavy atom. The largest absolute Gasteiger partial charge is 0.467 e. The molecule has 1 aliphatic rings. The molecule has 1 fully saturated rings. The van der Waals surface area contributed by atoms with Crippen molar-refractivity contribution in [3.63, 3.8) is 0 Å². The van der Waals surface area contributed by atoms with E-state index in [9.17, 15) is 9.59 Å². The molecule has 20 heavy (non-hydrogen) atoms. The molecule has 1 aliphatic carbocycles. The molecule has 1 saturated carbocycles. The second-order valence-electron chi connectivity index (χ2n) is 5.65. The highest BCUT2D eigenvalue weighted by Gasteiger charge is 2.56. The summed E-state index contributed by atoms with van der Waals surface area (Å²) in [6.07, 6.45) is 3.54. The molecule has 2 rings (SSSR count). The number of tetrazole rings is 1. The minimum absolute atomic E-state index is 0.0746. The summed E-state index contributed by atoms with van der Waals surface area (Å²) < 4.78 is 4.91. The first-order chi connectivity index (χ1) is 9.41. The molecule has 0 spiro atoms. The van der Waals surface area contributed by atoms with Gasteiger partial charge in [-0.15, -0.1) is 10.2 Å². The van der Waals surface area contributed by atoms with Gasteiger partial charge in [0, 0.05) is 0 Å². The normalized spacial score (nSPS) is 24.4. The fraction of sp³-hybridized carbons (Fsp3) is 0.750. The first-order valence-corrected chi connectivity index (χ1v) is 6.51. The van der Waals surface area contributed by atoms with E-state index in [4.69, 9.17) is 4.74 Å². The highest BCUT2D eigenvalue weighted by Crippen LogP contribution is 2.46. The lowest BCUT2D eigenvalue weighted by molar-refractivity contribution is -0.155. The molecule has 1 amide bonds. The number of nitrogens with zero attached hydrogens (tertiary/aromatic N) is 4. The van der Waals surface area contributed by atoms with Crippen LogP contribution in [0.2, 0.25) is 0 Å². The number of amides is 1. The van der Waals surface area contributed by atoms with E-state index in [1.54, 1.807) is 0 Å². The van der Waals surface area contributed by atoms with Crippen molar-refractivity contribution in [2.45, 2.75) is 45.2 Å². The summed E-state index contributed by atoms with van der Waals surface area (Å²) in [4.78, 5) is 25.5. The molecule has 0 radical (unpaired) electrons. The third kappa shape index (κ3) is 2.37. The van der Waals surface area contributed by atoms with E-state index in [-0.39, 0.29) is 17.9 Å². The Labute approximate surface area is 116 Å². The van der Waals surface area contributed by atoms with Crippen LogP contribution >= 0.6 is 0 Å². The summed E-state index contributed by atoms with van der Waals surface area (Å²) in [5.41, 5.74) is -1.34. The van der Waals surface area contributed by atoms with Crippen LogP contribution in [0.25, 0.3) is 0 Å². The average molecular weight is 281 g/mol. The second-order valence-corrected chi connectivity index (χ2v) is 5.65. The van der Waals surface area contributed by atoms with Gasteiger partial charge >= 0.3 is 5.97 Å². The maximum absolute atomic E-state index is 12.2. The smallest absolute Gasteiger partial charge is 0.332 e. The zero-order chi connectivity index (χ0) is 14.8. The Morgan fingerprint density at radius 2 is 2.15 bits per heavy atom. The number of aromatic nitrogens is 4. The molecule has 1 unspecified atom stereocenters. The van der Waals surface area contributed by atoms with Gasteiger partial charge in [-0.1, -0.05) is 13.8 Å². The average Bonchev–Trinajstić information content (AvgIpc) is 2.97. The van der Waals surface area contributed by atoms with Crippen molar-refractivity contribution < 1.29 is 14.3 Å². The number of nitrogens with one attached hydrogen (secondary N) is 1. The van der Waals surface area contributed by atoms with E-state index in [1.165, 1.54) is 18.2 Å². The van der Waals surface area contributed by atoms with Gasteiger partial charge in [-0.2, -0.15) is 4.80 Å². The molecule has 1 atom stereocenters. The van der Waals surface area contributed by atoms with E-state index >= 15 is 0 Å². The number of carbonyl (C=O) groups is 2. The molecule has 0 saturated heterocycles. The highest BCUT2D eigenvalue weighted by molar-refractivity contribution is 5.89. The van der Waals surface area contributed by atoms with Crippen LogP contribution in [0.5, 0.6) is 0 Å². The van der Waals surface area contributed by atoms with E-state index in [0.29, 0.717) is 6.42 Å². The van der Waals surface area contributed by atoms with E-state index < -0.39 is 11.5 Å². The summed E-state index contributed by atoms with van der Waals surface area (Å²) in [6.45, 7) is 3.85.